The zero-order valence-electron chi connectivity index (χ0n) is 27.0. The van der Waals surface area contributed by atoms with Gasteiger partial charge in [-0.25, -0.2) is 0 Å². The van der Waals surface area contributed by atoms with E-state index in [2.05, 4.69) is 192 Å². The lowest BCUT2D eigenvalue weighted by molar-refractivity contribution is 1.32. The molecule has 0 unspecified atom stereocenters. The first-order valence-corrected chi connectivity index (χ1v) is 18.5. The molecule has 4 heteroatoms. The molecule has 0 saturated heterocycles. The van der Waals surface area contributed by atoms with E-state index in [9.17, 15) is 0 Å². The Morgan fingerprint density at radius 3 is 0.880 bits per heavy atom. The van der Waals surface area contributed by atoms with Crippen LogP contribution in [0.4, 0.5) is 32.8 Å². The Morgan fingerprint density at radius 2 is 0.560 bits per heavy atom. The van der Waals surface area contributed by atoms with E-state index in [1.165, 1.54) is 62.5 Å². The number of rotatable bonds is 6. The minimum absolute atomic E-state index is 1.15. The Hall–Kier alpha value is -5.94. The second-order valence-corrected chi connectivity index (χ2v) is 14.6. The summed E-state index contributed by atoms with van der Waals surface area (Å²) in [7, 11) is 0. The molecule has 50 heavy (non-hydrogen) atoms. The van der Waals surface area contributed by atoms with Gasteiger partial charge in [-0.15, -0.1) is 22.7 Å². The average molecular weight is 675 g/mol. The van der Waals surface area contributed by atoms with Gasteiger partial charge in [-0.2, -0.15) is 0 Å². The van der Waals surface area contributed by atoms with Crippen molar-refractivity contribution in [2.45, 2.75) is 0 Å². The van der Waals surface area contributed by atoms with E-state index >= 15 is 0 Å². The summed E-state index contributed by atoms with van der Waals surface area (Å²) in [5.41, 5.74) is 4.60. The van der Waals surface area contributed by atoms with Gasteiger partial charge >= 0.3 is 0 Å². The van der Waals surface area contributed by atoms with Gasteiger partial charge in [0.25, 0.3) is 0 Å². The van der Waals surface area contributed by atoms with E-state index in [4.69, 9.17) is 0 Å². The average Bonchev–Trinajstić information content (AvgIpc) is 3.82. The number of hydrogen-bond donors (Lipinski definition) is 0. The van der Waals surface area contributed by atoms with Crippen LogP contribution >= 0.6 is 22.7 Å². The van der Waals surface area contributed by atoms with Crippen molar-refractivity contribution in [1.29, 1.82) is 0 Å². The summed E-state index contributed by atoms with van der Waals surface area (Å²) < 4.78 is 2.64. The number of anilines is 6. The third-order valence-electron chi connectivity index (χ3n) is 9.61. The van der Waals surface area contributed by atoms with Gasteiger partial charge in [0.2, 0.25) is 0 Å². The zero-order valence-corrected chi connectivity index (χ0v) is 28.7. The van der Waals surface area contributed by atoms with E-state index in [0.717, 1.165) is 22.7 Å². The SMILES string of the molecule is c1ccc(N(c2ccccc2)c2cc3c4ccccc4c4c5sc(N(c6ccccc6)c6ccccc6)cc5c5ccccc5c4c3s2)cc1. The minimum Gasteiger partial charge on any atom is -0.302 e. The summed E-state index contributed by atoms with van der Waals surface area (Å²) in [5, 5.41) is 12.8. The third-order valence-corrected chi connectivity index (χ3v) is 11.9. The van der Waals surface area contributed by atoms with Crippen LogP contribution in [0.5, 0.6) is 0 Å². The van der Waals surface area contributed by atoms with Crippen LogP contribution in [-0.4, -0.2) is 0 Å². The lowest BCUT2D eigenvalue weighted by Gasteiger charge is -2.23. The van der Waals surface area contributed by atoms with Crippen molar-refractivity contribution >= 4 is 108 Å². The van der Waals surface area contributed by atoms with Gasteiger partial charge in [-0.05, 0) is 82.2 Å². The van der Waals surface area contributed by atoms with Gasteiger partial charge in [0.1, 0.15) is 10.0 Å². The van der Waals surface area contributed by atoms with Gasteiger partial charge in [-0.1, -0.05) is 121 Å². The Labute approximate surface area is 298 Å². The molecule has 0 fully saturated rings. The first-order chi connectivity index (χ1) is 24.8. The number of hydrogen-bond acceptors (Lipinski definition) is 4. The van der Waals surface area contributed by atoms with Crippen molar-refractivity contribution in [3.63, 3.8) is 0 Å². The zero-order chi connectivity index (χ0) is 33.0. The highest BCUT2D eigenvalue weighted by atomic mass is 32.1. The molecule has 0 aliphatic rings. The molecule has 2 aromatic heterocycles. The molecule has 2 nitrogen and oxygen atoms in total. The first-order valence-electron chi connectivity index (χ1n) is 16.9. The fraction of sp³-hybridized carbons (Fsp3) is 0. The van der Waals surface area contributed by atoms with E-state index in [1.807, 2.05) is 22.7 Å². The Morgan fingerprint density at radius 1 is 0.280 bits per heavy atom. The number of thiophene rings is 2. The maximum Gasteiger partial charge on any atom is 0.101 e. The fourth-order valence-corrected chi connectivity index (χ4v) is 10.0. The summed E-state index contributed by atoms with van der Waals surface area (Å²) in [5.74, 6) is 0. The van der Waals surface area contributed by atoms with Gasteiger partial charge in [0.05, 0.1) is 0 Å². The van der Waals surface area contributed by atoms with Gasteiger partial charge in [-0.3, -0.25) is 0 Å². The molecule has 8 aromatic carbocycles. The monoisotopic (exact) mass is 674 g/mol. The van der Waals surface area contributed by atoms with Crippen molar-refractivity contribution in [3.05, 3.63) is 182 Å². The summed E-state index contributed by atoms with van der Waals surface area (Å²) >= 11 is 3.78. The molecule has 0 bridgehead atoms. The van der Waals surface area contributed by atoms with Crippen LogP contribution in [0.1, 0.15) is 0 Å². The lowest BCUT2D eigenvalue weighted by Crippen LogP contribution is -2.07. The van der Waals surface area contributed by atoms with Crippen LogP contribution in [0.3, 0.4) is 0 Å². The predicted octanol–water partition coefficient (Wildman–Crippen LogP) is 14.5. The molecule has 0 atom stereocenters. The van der Waals surface area contributed by atoms with E-state index in [0.29, 0.717) is 0 Å². The molecule has 0 aliphatic carbocycles. The molecule has 0 saturated carbocycles. The smallest absolute Gasteiger partial charge is 0.101 e. The van der Waals surface area contributed by atoms with Crippen molar-refractivity contribution in [2.24, 2.45) is 0 Å². The van der Waals surface area contributed by atoms with Crippen LogP contribution < -0.4 is 9.80 Å². The second kappa shape index (κ2) is 11.9. The fourth-order valence-electron chi connectivity index (χ4n) is 7.48. The normalized spacial score (nSPS) is 11.6. The van der Waals surface area contributed by atoms with Crippen LogP contribution in [0.25, 0.3) is 52.5 Å². The van der Waals surface area contributed by atoms with Crippen LogP contribution in [0.15, 0.2) is 182 Å². The van der Waals surface area contributed by atoms with E-state index < -0.39 is 0 Å². The summed E-state index contributed by atoms with van der Waals surface area (Å²) in [6, 6.07) is 65.7. The Bertz CT molecular complexity index is 2530. The van der Waals surface area contributed by atoms with E-state index in [1.54, 1.807) is 0 Å². The quantitative estimate of drug-likeness (QED) is 0.162. The van der Waals surface area contributed by atoms with Crippen molar-refractivity contribution in [3.8, 4) is 0 Å². The predicted molar refractivity (Wildman–Crippen MR) is 219 cm³/mol. The standard InChI is InChI=1S/C46H30N2S2/c1-5-17-31(18-6-1)47(32-19-7-2-8-20-32)41-29-39-35-25-13-15-27-37(35)44-43(45(39)49-41)38-28-16-14-26-36(38)40-30-42(50-46(40)44)48(33-21-9-3-10-22-33)34-23-11-4-12-24-34/h1-30H. The molecular formula is C46H30N2S2. The lowest BCUT2D eigenvalue weighted by atomic mass is 9.93. The molecular weight excluding hydrogens is 645 g/mol. The highest BCUT2D eigenvalue weighted by Crippen LogP contribution is 2.53. The molecule has 10 aromatic rings. The molecule has 0 radical (unpaired) electrons. The van der Waals surface area contributed by atoms with Crippen molar-refractivity contribution < 1.29 is 0 Å². The molecule has 2 heterocycles. The van der Waals surface area contributed by atoms with Crippen LogP contribution in [-0.2, 0) is 0 Å². The molecule has 0 amide bonds. The maximum absolute atomic E-state index is 2.41. The number of benzene rings is 8. The summed E-state index contributed by atoms with van der Waals surface area (Å²) in [4.78, 5) is 4.79. The second-order valence-electron chi connectivity index (χ2n) is 12.5. The molecule has 236 valence electrons. The summed E-state index contributed by atoms with van der Waals surface area (Å²) in [6.45, 7) is 0. The van der Waals surface area contributed by atoms with Crippen molar-refractivity contribution in [2.75, 3.05) is 9.80 Å². The molecule has 10 rings (SSSR count). The number of para-hydroxylation sites is 4. The topological polar surface area (TPSA) is 6.48 Å². The molecule has 0 aliphatic heterocycles. The van der Waals surface area contributed by atoms with Gasteiger partial charge < -0.3 is 9.80 Å². The first kappa shape index (κ1) is 29.0. The minimum atomic E-state index is 1.15. The van der Waals surface area contributed by atoms with Crippen LogP contribution in [0.2, 0.25) is 0 Å². The maximum atomic E-state index is 2.41. The molecule has 0 spiro atoms. The van der Waals surface area contributed by atoms with Crippen molar-refractivity contribution in [1.82, 2.24) is 0 Å². The largest absolute Gasteiger partial charge is 0.302 e. The highest BCUT2D eigenvalue weighted by molar-refractivity contribution is 7.25. The van der Waals surface area contributed by atoms with Gasteiger partial charge in [0, 0.05) is 53.7 Å². The number of fused-ring (bicyclic) bond motifs is 11. The Balaban J connectivity index is 1.32. The third kappa shape index (κ3) is 4.61. The van der Waals surface area contributed by atoms with Crippen LogP contribution in [0, 0.1) is 0 Å². The van der Waals surface area contributed by atoms with Gasteiger partial charge in [0.15, 0.2) is 0 Å². The van der Waals surface area contributed by atoms with E-state index in [-0.39, 0.29) is 0 Å². The highest BCUT2D eigenvalue weighted by Gasteiger charge is 2.23. The number of nitrogens with zero attached hydrogens (tertiary/aromatic N) is 2. The summed E-state index contributed by atoms with van der Waals surface area (Å²) in [6.07, 6.45) is 0. The Kier molecular flexibility index (Phi) is 6.90. The molecule has 0 N–H and O–H groups in total.